The Hall–Kier alpha value is -1.07. The lowest BCUT2D eigenvalue weighted by molar-refractivity contribution is 0.311. The van der Waals surface area contributed by atoms with Gasteiger partial charge in [0.2, 0.25) is 0 Å². The summed E-state index contributed by atoms with van der Waals surface area (Å²) in [5.41, 5.74) is 5.49. The van der Waals surface area contributed by atoms with Gasteiger partial charge < -0.3 is 15.5 Å². The Kier molecular flexibility index (Phi) is 2.69. The Labute approximate surface area is 84.1 Å². The molecule has 0 saturated carbocycles. The molecule has 1 aromatic heterocycles. The van der Waals surface area contributed by atoms with Gasteiger partial charge in [0.1, 0.15) is 0 Å². The molecule has 0 aliphatic carbocycles. The van der Waals surface area contributed by atoms with E-state index in [4.69, 9.17) is 5.73 Å². The lowest BCUT2D eigenvalue weighted by atomic mass is 10.3. The molecule has 1 aliphatic rings. The van der Waals surface area contributed by atoms with Gasteiger partial charge in [-0.2, -0.15) is 5.10 Å². The molecule has 2 heterocycles. The number of rotatable bonds is 2. The van der Waals surface area contributed by atoms with Gasteiger partial charge in [-0.1, -0.05) is 0 Å². The summed E-state index contributed by atoms with van der Waals surface area (Å²) in [6.45, 7) is 4.77. The quantitative estimate of drug-likeness (QED) is 0.694. The third-order valence-corrected chi connectivity index (χ3v) is 2.64. The highest BCUT2D eigenvalue weighted by Crippen LogP contribution is 2.12. The summed E-state index contributed by atoms with van der Waals surface area (Å²) in [6.07, 6.45) is 1.92. The van der Waals surface area contributed by atoms with Gasteiger partial charge in [-0.15, -0.1) is 0 Å². The van der Waals surface area contributed by atoms with Crippen molar-refractivity contribution in [2.75, 3.05) is 38.1 Å². The van der Waals surface area contributed by atoms with Crippen LogP contribution in [-0.4, -0.2) is 47.9 Å². The van der Waals surface area contributed by atoms with Gasteiger partial charge in [-0.3, -0.25) is 4.68 Å². The highest BCUT2D eigenvalue weighted by Gasteiger charge is 2.15. The van der Waals surface area contributed by atoms with Crippen LogP contribution in [0.15, 0.2) is 12.3 Å². The summed E-state index contributed by atoms with van der Waals surface area (Å²) in [7, 11) is 2.15. The minimum atomic E-state index is 0.452. The highest BCUT2D eigenvalue weighted by atomic mass is 15.4. The smallest absolute Gasteiger partial charge is 0.150 e. The van der Waals surface area contributed by atoms with Gasteiger partial charge >= 0.3 is 0 Å². The van der Waals surface area contributed by atoms with Crippen molar-refractivity contribution in [3.8, 4) is 0 Å². The van der Waals surface area contributed by atoms with Gasteiger partial charge in [0.15, 0.2) is 5.82 Å². The van der Waals surface area contributed by atoms with Crippen molar-refractivity contribution in [2.45, 2.75) is 6.67 Å². The topological polar surface area (TPSA) is 50.3 Å². The van der Waals surface area contributed by atoms with E-state index in [1.807, 2.05) is 12.3 Å². The number of aromatic nitrogens is 2. The number of hydrogen-bond donors (Lipinski definition) is 1. The summed E-state index contributed by atoms with van der Waals surface area (Å²) >= 11 is 0. The maximum atomic E-state index is 5.49. The molecule has 0 aromatic carbocycles. The molecule has 1 saturated heterocycles. The molecule has 0 atom stereocenters. The molecule has 0 amide bonds. The number of likely N-dealkylation sites (N-methyl/N-ethyl adjacent to an activating group) is 1. The van der Waals surface area contributed by atoms with E-state index in [2.05, 4.69) is 21.9 Å². The molecule has 0 spiro atoms. The summed E-state index contributed by atoms with van der Waals surface area (Å²) < 4.78 is 1.76. The average Bonchev–Trinajstić information content (AvgIpc) is 2.67. The largest absolute Gasteiger partial charge is 0.353 e. The number of hydrogen-bond acceptors (Lipinski definition) is 4. The van der Waals surface area contributed by atoms with Crippen molar-refractivity contribution >= 4 is 5.82 Å². The first-order valence-electron chi connectivity index (χ1n) is 4.96. The highest BCUT2D eigenvalue weighted by molar-refractivity contribution is 5.37. The second kappa shape index (κ2) is 3.98. The number of anilines is 1. The molecule has 0 unspecified atom stereocenters. The average molecular weight is 195 g/mol. The summed E-state index contributed by atoms with van der Waals surface area (Å²) in [5.74, 6) is 1.04. The second-order valence-corrected chi connectivity index (χ2v) is 3.69. The Balaban J connectivity index is 2.01. The minimum absolute atomic E-state index is 0.452. The second-order valence-electron chi connectivity index (χ2n) is 3.69. The Bertz CT molecular complexity index is 287. The first-order chi connectivity index (χ1) is 6.79. The van der Waals surface area contributed by atoms with E-state index in [9.17, 15) is 0 Å². The molecule has 0 radical (unpaired) electrons. The maximum Gasteiger partial charge on any atom is 0.150 e. The maximum absolute atomic E-state index is 5.49. The zero-order chi connectivity index (χ0) is 9.97. The van der Waals surface area contributed by atoms with Gasteiger partial charge in [0.05, 0.1) is 6.67 Å². The molecule has 1 fully saturated rings. The fourth-order valence-corrected chi connectivity index (χ4v) is 1.66. The monoisotopic (exact) mass is 195 g/mol. The predicted octanol–water partition coefficient (Wildman–Crippen LogP) is -0.449. The van der Waals surface area contributed by atoms with Crippen LogP contribution in [0.25, 0.3) is 0 Å². The van der Waals surface area contributed by atoms with Crippen LogP contribution in [0.4, 0.5) is 5.82 Å². The molecule has 1 aromatic rings. The lowest BCUT2D eigenvalue weighted by Crippen LogP contribution is -2.44. The van der Waals surface area contributed by atoms with Crippen molar-refractivity contribution in [2.24, 2.45) is 5.73 Å². The van der Waals surface area contributed by atoms with Crippen molar-refractivity contribution in [3.63, 3.8) is 0 Å². The Morgan fingerprint density at radius 1 is 1.36 bits per heavy atom. The molecule has 2 N–H and O–H groups in total. The van der Waals surface area contributed by atoms with Crippen LogP contribution in [-0.2, 0) is 6.67 Å². The molecule has 78 valence electrons. The van der Waals surface area contributed by atoms with Crippen LogP contribution in [0, 0.1) is 0 Å². The molecule has 5 nitrogen and oxygen atoms in total. The Morgan fingerprint density at radius 2 is 2.07 bits per heavy atom. The lowest BCUT2D eigenvalue weighted by Gasteiger charge is -2.32. The summed E-state index contributed by atoms with van der Waals surface area (Å²) in [5, 5.41) is 4.38. The summed E-state index contributed by atoms with van der Waals surface area (Å²) in [6, 6.07) is 2.03. The predicted molar refractivity (Wildman–Crippen MR) is 56.1 cm³/mol. The molecule has 14 heavy (non-hydrogen) atoms. The SMILES string of the molecule is CN1CCN(c2ccn(CN)n2)CC1. The van der Waals surface area contributed by atoms with E-state index in [1.54, 1.807) is 4.68 Å². The molecule has 1 aliphatic heterocycles. The molecular formula is C9H17N5. The van der Waals surface area contributed by atoms with E-state index >= 15 is 0 Å². The Morgan fingerprint density at radius 3 is 2.64 bits per heavy atom. The number of nitrogens with zero attached hydrogens (tertiary/aromatic N) is 4. The van der Waals surface area contributed by atoms with Crippen molar-refractivity contribution in [1.82, 2.24) is 14.7 Å². The first-order valence-corrected chi connectivity index (χ1v) is 4.96. The minimum Gasteiger partial charge on any atom is -0.353 e. The van der Waals surface area contributed by atoms with E-state index in [-0.39, 0.29) is 0 Å². The van der Waals surface area contributed by atoms with Crippen molar-refractivity contribution in [3.05, 3.63) is 12.3 Å². The van der Waals surface area contributed by atoms with Gasteiger partial charge in [-0.05, 0) is 7.05 Å². The molecular weight excluding hydrogens is 178 g/mol. The van der Waals surface area contributed by atoms with E-state index in [1.165, 1.54) is 0 Å². The first kappa shape index (κ1) is 9.48. The van der Waals surface area contributed by atoms with Crippen LogP contribution in [0.5, 0.6) is 0 Å². The van der Waals surface area contributed by atoms with Gasteiger partial charge in [0, 0.05) is 38.4 Å². The van der Waals surface area contributed by atoms with E-state index in [0.29, 0.717) is 6.67 Å². The normalized spacial score (nSPS) is 18.9. The van der Waals surface area contributed by atoms with Crippen LogP contribution in [0.3, 0.4) is 0 Å². The van der Waals surface area contributed by atoms with Crippen LogP contribution >= 0.6 is 0 Å². The van der Waals surface area contributed by atoms with Gasteiger partial charge in [0.25, 0.3) is 0 Å². The molecule has 5 heteroatoms. The molecule has 2 rings (SSSR count). The zero-order valence-electron chi connectivity index (χ0n) is 8.56. The number of piperazine rings is 1. The third kappa shape index (κ3) is 1.88. The fourth-order valence-electron chi connectivity index (χ4n) is 1.66. The van der Waals surface area contributed by atoms with Crippen LogP contribution in [0.1, 0.15) is 0 Å². The molecule has 0 bridgehead atoms. The fraction of sp³-hybridized carbons (Fsp3) is 0.667. The van der Waals surface area contributed by atoms with Gasteiger partial charge in [-0.25, -0.2) is 0 Å². The van der Waals surface area contributed by atoms with Crippen LogP contribution in [0.2, 0.25) is 0 Å². The third-order valence-electron chi connectivity index (χ3n) is 2.64. The van der Waals surface area contributed by atoms with E-state index < -0.39 is 0 Å². The standard InChI is InChI=1S/C9H17N5/c1-12-4-6-13(7-5-12)9-2-3-14(8-10)11-9/h2-3H,4-8,10H2,1H3. The van der Waals surface area contributed by atoms with Crippen molar-refractivity contribution < 1.29 is 0 Å². The number of nitrogens with two attached hydrogens (primary N) is 1. The zero-order valence-corrected chi connectivity index (χ0v) is 8.56. The van der Waals surface area contributed by atoms with E-state index in [0.717, 1.165) is 32.0 Å². The summed E-state index contributed by atoms with van der Waals surface area (Å²) in [4.78, 5) is 4.63. The van der Waals surface area contributed by atoms with Crippen molar-refractivity contribution in [1.29, 1.82) is 0 Å². The van der Waals surface area contributed by atoms with Crippen LogP contribution < -0.4 is 10.6 Å².